The van der Waals surface area contributed by atoms with Gasteiger partial charge in [-0.3, -0.25) is 9.59 Å². The molecule has 1 aliphatic heterocycles. The largest absolute Gasteiger partial charge is 0.353 e. The summed E-state index contributed by atoms with van der Waals surface area (Å²) in [4.78, 5) is 24.1. The normalized spacial score (nSPS) is 23.4. The quantitative estimate of drug-likeness (QED) is 0.905. The summed E-state index contributed by atoms with van der Waals surface area (Å²) in [5.41, 5.74) is 0.746. The van der Waals surface area contributed by atoms with E-state index in [1.807, 2.05) is 22.9 Å². The van der Waals surface area contributed by atoms with Gasteiger partial charge in [-0.1, -0.05) is 19.3 Å². The van der Waals surface area contributed by atoms with Gasteiger partial charge < -0.3 is 9.88 Å². The SMILES string of the molecule is O=C(CC1Cn2cccc2C1=O)NC1CCCCC1. The molecule has 4 nitrogen and oxygen atoms in total. The molecule has 2 heterocycles. The lowest BCUT2D eigenvalue weighted by molar-refractivity contribution is -0.122. The Balaban J connectivity index is 1.53. The van der Waals surface area contributed by atoms with Crippen molar-refractivity contribution in [2.24, 2.45) is 5.92 Å². The number of carbonyl (C=O) groups is 2. The van der Waals surface area contributed by atoms with Crippen molar-refractivity contribution in [3.63, 3.8) is 0 Å². The molecule has 3 rings (SSSR count). The van der Waals surface area contributed by atoms with Gasteiger partial charge in [-0.05, 0) is 25.0 Å². The smallest absolute Gasteiger partial charge is 0.221 e. The van der Waals surface area contributed by atoms with Crippen LogP contribution in [0.25, 0.3) is 0 Å². The Hall–Kier alpha value is -1.58. The first kappa shape index (κ1) is 12.5. The fourth-order valence-corrected chi connectivity index (χ4v) is 3.24. The molecular weight excluding hydrogens is 240 g/mol. The van der Waals surface area contributed by atoms with Crippen LogP contribution in [0.5, 0.6) is 0 Å². The zero-order chi connectivity index (χ0) is 13.2. The number of Topliss-reactive ketones (excluding diaryl/α,β-unsaturated/α-hetero) is 1. The van der Waals surface area contributed by atoms with E-state index in [0.717, 1.165) is 18.5 Å². The number of aromatic nitrogens is 1. The number of carbonyl (C=O) groups excluding carboxylic acids is 2. The van der Waals surface area contributed by atoms with E-state index in [2.05, 4.69) is 5.32 Å². The molecule has 1 aromatic rings. The zero-order valence-electron chi connectivity index (χ0n) is 11.1. The molecular formula is C15H20N2O2. The lowest BCUT2D eigenvalue weighted by Gasteiger charge is -2.23. The number of nitrogens with zero attached hydrogens (tertiary/aromatic N) is 1. The summed E-state index contributed by atoms with van der Waals surface area (Å²) in [6, 6.07) is 4.05. The van der Waals surface area contributed by atoms with Crippen molar-refractivity contribution in [3.05, 3.63) is 24.0 Å². The molecule has 1 aliphatic carbocycles. The average Bonchev–Trinajstić information content (AvgIpc) is 2.96. The van der Waals surface area contributed by atoms with Gasteiger partial charge in [0.25, 0.3) is 0 Å². The van der Waals surface area contributed by atoms with E-state index in [4.69, 9.17) is 0 Å². The fourth-order valence-electron chi connectivity index (χ4n) is 3.24. The molecule has 1 atom stereocenters. The number of nitrogens with one attached hydrogen (secondary N) is 1. The van der Waals surface area contributed by atoms with Gasteiger partial charge in [0.1, 0.15) is 0 Å². The summed E-state index contributed by atoms with van der Waals surface area (Å²) in [6.07, 6.45) is 8.11. The highest BCUT2D eigenvalue weighted by Gasteiger charge is 2.32. The Kier molecular flexibility index (Phi) is 3.40. The van der Waals surface area contributed by atoms with Gasteiger partial charge in [0.15, 0.2) is 5.78 Å². The van der Waals surface area contributed by atoms with Crippen LogP contribution in [-0.2, 0) is 11.3 Å². The second-order valence-electron chi connectivity index (χ2n) is 5.71. The zero-order valence-corrected chi connectivity index (χ0v) is 11.1. The second kappa shape index (κ2) is 5.19. The van der Waals surface area contributed by atoms with Crippen molar-refractivity contribution in [2.45, 2.75) is 51.1 Å². The number of hydrogen-bond acceptors (Lipinski definition) is 2. The standard InChI is InChI=1S/C15H20N2O2/c18-14(16-12-5-2-1-3-6-12)9-11-10-17-8-4-7-13(17)15(11)19/h4,7-8,11-12H,1-3,5-6,9-10H2,(H,16,18). The number of hydrogen-bond donors (Lipinski definition) is 1. The van der Waals surface area contributed by atoms with Gasteiger partial charge >= 0.3 is 0 Å². The molecule has 1 fully saturated rings. The Morgan fingerprint density at radius 3 is 2.84 bits per heavy atom. The second-order valence-corrected chi connectivity index (χ2v) is 5.71. The summed E-state index contributed by atoms with van der Waals surface area (Å²) in [5, 5.41) is 3.08. The monoisotopic (exact) mass is 260 g/mol. The molecule has 19 heavy (non-hydrogen) atoms. The first-order chi connectivity index (χ1) is 9.24. The van der Waals surface area contributed by atoms with Crippen LogP contribution in [-0.4, -0.2) is 22.3 Å². The molecule has 0 saturated heterocycles. The Bertz CT molecular complexity index is 486. The molecule has 0 spiro atoms. The molecule has 0 bridgehead atoms. The minimum atomic E-state index is -0.167. The molecule has 1 N–H and O–H groups in total. The van der Waals surface area contributed by atoms with E-state index < -0.39 is 0 Å². The highest BCUT2D eigenvalue weighted by atomic mass is 16.2. The van der Waals surface area contributed by atoms with Crippen molar-refractivity contribution >= 4 is 11.7 Å². The molecule has 0 aromatic carbocycles. The fraction of sp³-hybridized carbons (Fsp3) is 0.600. The maximum atomic E-state index is 12.1. The van der Waals surface area contributed by atoms with E-state index in [-0.39, 0.29) is 17.6 Å². The average molecular weight is 260 g/mol. The van der Waals surface area contributed by atoms with E-state index in [0.29, 0.717) is 19.0 Å². The number of amides is 1. The van der Waals surface area contributed by atoms with Crippen LogP contribution in [0, 0.1) is 5.92 Å². The summed E-state index contributed by atoms with van der Waals surface area (Å²) < 4.78 is 1.95. The molecule has 1 aromatic heterocycles. The van der Waals surface area contributed by atoms with Gasteiger partial charge in [-0.15, -0.1) is 0 Å². The van der Waals surface area contributed by atoms with E-state index in [1.165, 1.54) is 19.3 Å². The number of fused-ring (bicyclic) bond motifs is 1. The maximum absolute atomic E-state index is 12.1. The van der Waals surface area contributed by atoms with Gasteiger partial charge in [0.2, 0.25) is 5.91 Å². The van der Waals surface area contributed by atoms with Crippen LogP contribution in [0.2, 0.25) is 0 Å². The van der Waals surface area contributed by atoms with Gasteiger partial charge in [-0.2, -0.15) is 0 Å². The van der Waals surface area contributed by atoms with Crippen LogP contribution in [0.1, 0.15) is 49.0 Å². The van der Waals surface area contributed by atoms with Crippen LogP contribution >= 0.6 is 0 Å². The topological polar surface area (TPSA) is 51.1 Å². The Morgan fingerprint density at radius 2 is 2.11 bits per heavy atom. The lowest BCUT2D eigenvalue weighted by Crippen LogP contribution is -2.37. The summed E-state index contributed by atoms with van der Waals surface area (Å²) in [5.74, 6) is -0.0143. The van der Waals surface area contributed by atoms with Gasteiger partial charge in [0.05, 0.1) is 11.6 Å². The number of rotatable bonds is 3. The molecule has 4 heteroatoms. The molecule has 0 radical (unpaired) electrons. The molecule has 1 amide bonds. The first-order valence-electron chi connectivity index (χ1n) is 7.23. The van der Waals surface area contributed by atoms with Crippen molar-refractivity contribution in [1.29, 1.82) is 0 Å². The van der Waals surface area contributed by atoms with Crippen LogP contribution < -0.4 is 5.32 Å². The Morgan fingerprint density at radius 1 is 1.32 bits per heavy atom. The maximum Gasteiger partial charge on any atom is 0.221 e. The summed E-state index contributed by atoms with van der Waals surface area (Å²) in [7, 11) is 0. The summed E-state index contributed by atoms with van der Waals surface area (Å²) in [6.45, 7) is 0.652. The van der Waals surface area contributed by atoms with Crippen molar-refractivity contribution in [3.8, 4) is 0 Å². The minimum absolute atomic E-state index is 0.0380. The highest BCUT2D eigenvalue weighted by Crippen LogP contribution is 2.24. The predicted octanol–water partition coefficient (Wildman–Crippen LogP) is 2.14. The number of ketones is 1. The van der Waals surface area contributed by atoms with E-state index in [9.17, 15) is 9.59 Å². The Labute approximate surface area is 113 Å². The molecule has 1 unspecified atom stereocenters. The van der Waals surface area contributed by atoms with Crippen LogP contribution in [0.15, 0.2) is 18.3 Å². The summed E-state index contributed by atoms with van der Waals surface area (Å²) >= 11 is 0. The molecule has 1 saturated carbocycles. The third-order valence-electron chi connectivity index (χ3n) is 4.27. The molecule has 102 valence electrons. The molecule has 2 aliphatic rings. The van der Waals surface area contributed by atoms with E-state index in [1.54, 1.807) is 0 Å². The van der Waals surface area contributed by atoms with Crippen LogP contribution in [0.3, 0.4) is 0 Å². The predicted molar refractivity (Wildman–Crippen MR) is 71.9 cm³/mol. The van der Waals surface area contributed by atoms with Gasteiger partial charge in [0, 0.05) is 25.2 Å². The third kappa shape index (κ3) is 2.57. The van der Waals surface area contributed by atoms with Gasteiger partial charge in [-0.25, -0.2) is 0 Å². The minimum Gasteiger partial charge on any atom is -0.353 e. The van der Waals surface area contributed by atoms with Crippen molar-refractivity contribution in [2.75, 3.05) is 0 Å². The van der Waals surface area contributed by atoms with E-state index >= 15 is 0 Å². The lowest BCUT2D eigenvalue weighted by atomic mass is 9.94. The highest BCUT2D eigenvalue weighted by molar-refractivity contribution is 6.00. The third-order valence-corrected chi connectivity index (χ3v) is 4.27. The van der Waals surface area contributed by atoms with Crippen molar-refractivity contribution < 1.29 is 9.59 Å². The van der Waals surface area contributed by atoms with Crippen LogP contribution in [0.4, 0.5) is 0 Å². The van der Waals surface area contributed by atoms with Crippen molar-refractivity contribution in [1.82, 2.24) is 9.88 Å². The first-order valence-corrected chi connectivity index (χ1v) is 7.23.